The minimum absolute atomic E-state index is 0.879. The van der Waals surface area contributed by atoms with Crippen molar-refractivity contribution in [2.24, 2.45) is 0 Å². The molecule has 38 N–H and O–H groups in total. The van der Waals surface area contributed by atoms with E-state index in [1.165, 1.54) is 0 Å². The van der Waals surface area contributed by atoms with Gasteiger partial charge in [0.1, 0.15) is 293 Å². The van der Waals surface area contributed by atoms with E-state index in [-0.39, 0.29) is 0 Å². The van der Waals surface area contributed by atoms with Crippen LogP contribution in [0.1, 0.15) is 0 Å². The van der Waals surface area contributed by atoms with Crippen molar-refractivity contribution in [1.82, 2.24) is 0 Å². The van der Waals surface area contributed by atoms with Crippen LogP contribution < -0.4 is 0 Å². The Morgan fingerprint density at radius 1 is 0.113 bits per heavy atom. The number of hydrogen-bond acceptors (Lipinski definition) is 61. The molecule has 0 aromatic heterocycles. The van der Waals surface area contributed by atoms with Gasteiger partial charge in [0.05, 0.1) is 79.3 Å². The highest BCUT2D eigenvalue weighted by atomic mass is 16.8. The molecule has 60 unspecified atom stereocenters. The summed E-state index contributed by atoms with van der Waals surface area (Å²) in [4.78, 5) is 0. The monoisotopic (exact) mass is 1960 g/mol. The molecular formula is C72H122O61. The third-order valence-electron chi connectivity index (χ3n) is 25.1. The van der Waals surface area contributed by atoms with Crippen LogP contribution in [0.2, 0.25) is 0 Å². The molecule has 12 saturated heterocycles. The molecule has 0 aromatic rings. The van der Waals surface area contributed by atoms with Gasteiger partial charge in [-0.1, -0.05) is 0 Å². The second kappa shape index (κ2) is 47.4. The van der Waals surface area contributed by atoms with Crippen molar-refractivity contribution in [3.8, 4) is 0 Å². The van der Waals surface area contributed by atoms with Crippen LogP contribution in [0.5, 0.6) is 0 Å². The Hall–Kier alpha value is -2.44. The molecule has 61 heteroatoms. The van der Waals surface area contributed by atoms with Crippen molar-refractivity contribution in [3.63, 3.8) is 0 Å². The fraction of sp³-hybridized carbons (Fsp3) is 1.00. The van der Waals surface area contributed by atoms with Crippen LogP contribution in [-0.2, 0) is 109 Å². The molecule has 12 fully saturated rings. The largest absolute Gasteiger partial charge is 0.394 e. The molecule has 12 rings (SSSR count). The van der Waals surface area contributed by atoms with Crippen LogP contribution in [0.15, 0.2) is 0 Å². The predicted octanol–water partition coefficient (Wildman–Crippen LogP) is -27.2. The van der Waals surface area contributed by atoms with E-state index < -0.39 is 448 Å². The molecule has 776 valence electrons. The molecule has 12 aliphatic heterocycles. The van der Waals surface area contributed by atoms with Gasteiger partial charge in [-0.3, -0.25) is 0 Å². The highest BCUT2D eigenvalue weighted by molar-refractivity contribution is 5.05. The van der Waals surface area contributed by atoms with E-state index in [1.807, 2.05) is 0 Å². The van der Waals surface area contributed by atoms with Gasteiger partial charge in [0, 0.05) is 0 Å². The second-order valence-electron chi connectivity index (χ2n) is 33.6. The van der Waals surface area contributed by atoms with Gasteiger partial charge in [0.2, 0.25) is 0 Å². The Morgan fingerprint density at radius 2 is 0.218 bits per heavy atom. The molecule has 60 atom stereocenters. The summed E-state index contributed by atoms with van der Waals surface area (Å²) in [5.74, 6) is 0. The Balaban J connectivity index is 0.602. The Labute approximate surface area is 748 Å². The molecule has 0 radical (unpaired) electrons. The van der Waals surface area contributed by atoms with Crippen LogP contribution >= 0.6 is 0 Å². The van der Waals surface area contributed by atoms with Crippen molar-refractivity contribution in [1.29, 1.82) is 0 Å². The molecule has 0 amide bonds. The molecule has 61 nitrogen and oxygen atoms in total. The molecule has 12 aliphatic rings. The molecule has 0 saturated carbocycles. The lowest BCUT2D eigenvalue weighted by Crippen LogP contribution is -2.69. The normalized spacial score (nSPS) is 53.8. The van der Waals surface area contributed by atoms with Gasteiger partial charge in [0.15, 0.2) is 75.5 Å². The molecular weight excluding hydrogens is 1840 g/mol. The van der Waals surface area contributed by atoms with Crippen molar-refractivity contribution in [2.75, 3.05) is 79.3 Å². The van der Waals surface area contributed by atoms with Crippen molar-refractivity contribution >= 4 is 0 Å². The Kier molecular flexibility index (Phi) is 39.0. The van der Waals surface area contributed by atoms with Crippen LogP contribution in [0, 0.1) is 0 Å². The lowest BCUT2D eigenvalue weighted by Gasteiger charge is -2.50. The summed E-state index contributed by atoms with van der Waals surface area (Å²) in [7, 11) is 0. The number of ether oxygens (including phenoxy) is 23. The first-order valence-electron chi connectivity index (χ1n) is 42.2. The van der Waals surface area contributed by atoms with Gasteiger partial charge < -0.3 is 303 Å². The average molecular weight is 1960 g/mol. The number of hydrogen-bond donors (Lipinski definition) is 38. The van der Waals surface area contributed by atoms with E-state index in [1.54, 1.807) is 0 Å². The minimum atomic E-state index is -2.36. The third kappa shape index (κ3) is 22.6. The number of rotatable bonds is 34. The van der Waals surface area contributed by atoms with Crippen LogP contribution in [0.4, 0.5) is 0 Å². The lowest BCUT2D eigenvalue weighted by molar-refractivity contribution is -0.401. The molecule has 133 heavy (non-hydrogen) atoms. The van der Waals surface area contributed by atoms with Gasteiger partial charge in [-0.05, 0) is 0 Å². The van der Waals surface area contributed by atoms with Gasteiger partial charge in [0.25, 0.3) is 0 Å². The maximum atomic E-state index is 11.6. The second-order valence-corrected chi connectivity index (χ2v) is 33.6. The quantitative estimate of drug-likeness (QED) is 0.0284. The maximum Gasteiger partial charge on any atom is 0.187 e. The SMILES string of the molecule is OCC1OC(OC2C(CO)OC(OC3C(CO)OC(OC4C(CO)OC(OC5C(CO)OC(OC6C(CO)OC(OC7C(CO)OC(OC8C(CO)OC(OC9C(CO)OC(OC%10C(CO)OC(OC%11C(CO)OC(OC%12C(CO)OC(O)C(O)C%12O)C(O)C%11O)C(O)C%10O)C(O)C9O)C(O)C8O)C(O)C7O)C(O)C6O)C(O)C5O)C(O)C4O)C(O)C3O)C(O)C2O)C(O)C(O)C1O. The highest BCUT2D eigenvalue weighted by Gasteiger charge is 2.63. The minimum Gasteiger partial charge on any atom is -0.394 e. The first-order valence-corrected chi connectivity index (χ1v) is 42.2. The fourth-order valence-corrected chi connectivity index (χ4v) is 17.4. The van der Waals surface area contributed by atoms with Gasteiger partial charge in [-0.15, -0.1) is 0 Å². The van der Waals surface area contributed by atoms with Crippen LogP contribution in [-0.4, -0.2) is 642 Å². The number of aliphatic hydroxyl groups excluding tert-OH is 38. The molecule has 0 spiro atoms. The first kappa shape index (κ1) is 109. The fourth-order valence-electron chi connectivity index (χ4n) is 17.4. The molecule has 0 bridgehead atoms. The summed E-state index contributed by atoms with van der Waals surface area (Å²) >= 11 is 0. The van der Waals surface area contributed by atoms with Crippen LogP contribution in [0.3, 0.4) is 0 Å². The summed E-state index contributed by atoms with van der Waals surface area (Å²) in [6, 6.07) is 0. The summed E-state index contributed by atoms with van der Waals surface area (Å²) in [5.41, 5.74) is 0. The van der Waals surface area contributed by atoms with E-state index in [0.29, 0.717) is 0 Å². The molecule has 0 aliphatic carbocycles. The maximum absolute atomic E-state index is 11.6. The predicted molar refractivity (Wildman–Crippen MR) is 395 cm³/mol. The standard InChI is InChI=1S/C72H122O61/c73-1-13-25(85)26(86)39(99)62(112-13)124-51-15(3-75)114-64(41(101)28(51)88)126-53-17(5-77)116-66(43(103)30(53)90)128-55-19(7-79)118-68(45(105)32(55)92)130-57-21(9-81)120-70(47(107)34(57)94)132-59-23(11-83)122-72(49(109)36(59)96)133-60-24(12-84)121-71(48(108)37(60)97)131-58-22(10-82)119-69(46(106)35(58)95)129-56-20(8-80)117-67(44(104)33(56)93)127-54-18(6-78)115-65(42(102)31(54)91)125-52-16(4-76)113-63(40(100)29(52)89)123-50-14(2-74)111-61(110)38(98)27(50)87/h13-110H,1-12H2. The van der Waals surface area contributed by atoms with E-state index in [0.717, 1.165) is 0 Å². The van der Waals surface area contributed by atoms with Crippen molar-refractivity contribution in [3.05, 3.63) is 0 Å². The summed E-state index contributed by atoms with van der Waals surface area (Å²) < 4.78 is 129. The van der Waals surface area contributed by atoms with Gasteiger partial charge in [-0.25, -0.2) is 0 Å². The topological polar surface area (TPSA) is 981 Å². The average Bonchev–Trinajstić information content (AvgIpc) is 0.760. The smallest absolute Gasteiger partial charge is 0.187 e. The van der Waals surface area contributed by atoms with Crippen LogP contribution in [0.25, 0.3) is 0 Å². The number of aliphatic hydroxyl groups is 38. The molecule has 12 heterocycles. The zero-order chi connectivity index (χ0) is 97.4. The first-order chi connectivity index (χ1) is 63.2. The zero-order valence-corrected chi connectivity index (χ0v) is 69.5. The summed E-state index contributed by atoms with van der Waals surface area (Å²) in [6.07, 6.45) is -123. The molecule has 0 aromatic carbocycles. The third-order valence-corrected chi connectivity index (χ3v) is 25.1. The summed E-state index contributed by atoms with van der Waals surface area (Å²) in [6.45, 7) is -13.1. The highest BCUT2D eigenvalue weighted by Crippen LogP contribution is 2.43. The van der Waals surface area contributed by atoms with Crippen molar-refractivity contribution < 1.29 is 303 Å². The Bertz CT molecular complexity index is 3340. The lowest BCUT2D eigenvalue weighted by atomic mass is 9.95. The summed E-state index contributed by atoms with van der Waals surface area (Å²) in [5, 5.41) is 413. The van der Waals surface area contributed by atoms with E-state index >= 15 is 0 Å². The van der Waals surface area contributed by atoms with Gasteiger partial charge in [-0.2, -0.15) is 0 Å². The van der Waals surface area contributed by atoms with Crippen molar-refractivity contribution in [2.45, 2.75) is 368 Å². The van der Waals surface area contributed by atoms with E-state index in [2.05, 4.69) is 0 Å². The zero-order valence-electron chi connectivity index (χ0n) is 69.5. The Morgan fingerprint density at radius 3 is 0.346 bits per heavy atom. The van der Waals surface area contributed by atoms with E-state index in [4.69, 9.17) is 109 Å². The van der Waals surface area contributed by atoms with Gasteiger partial charge >= 0.3 is 0 Å². The van der Waals surface area contributed by atoms with E-state index in [9.17, 15) is 194 Å².